The Morgan fingerprint density at radius 1 is 1.23 bits per heavy atom. The summed E-state index contributed by atoms with van der Waals surface area (Å²) in [4.78, 5) is 11.6. The number of hydrogen-bond donors (Lipinski definition) is 0. The van der Waals surface area contributed by atoms with Gasteiger partial charge in [0.15, 0.2) is 0 Å². The molecule has 0 aromatic rings. The van der Waals surface area contributed by atoms with Crippen LogP contribution in [0.15, 0.2) is 0 Å². The van der Waals surface area contributed by atoms with Gasteiger partial charge in [-0.25, -0.2) is 0 Å². The molecule has 130 valence electrons. The molecule has 2 atom stereocenters. The highest BCUT2D eigenvalue weighted by atomic mass is 32.2. The number of carbonyl (C=O) groups is 1. The Hall–Kier alpha value is -0.870. The molecular formula is C12H19F3O6S. The third-order valence-corrected chi connectivity index (χ3v) is 3.98. The molecule has 0 aromatic carbocycles. The second-order valence-electron chi connectivity index (χ2n) is 6.00. The Morgan fingerprint density at radius 2 is 1.82 bits per heavy atom. The fourth-order valence-corrected chi connectivity index (χ4v) is 2.23. The summed E-state index contributed by atoms with van der Waals surface area (Å²) in [6.07, 6.45) is -1.39. The molecule has 0 aromatic heterocycles. The van der Waals surface area contributed by atoms with E-state index in [-0.39, 0.29) is 26.1 Å². The third-order valence-electron chi connectivity index (χ3n) is 2.89. The SMILES string of the molecule is CC(C)(C)C(=O)OCC1CCC(OS(=O)(=O)C(F)(F)F)CO1. The Bertz CT molecular complexity index is 486. The molecule has 0 spiro atoms. The average molecular weight is 348 g/mol. The van der Waals surface area contributed by atoms with Gasteiger partial charge in [0.2, 0.25) is 0 Å². The molecule has 1 saturated heterocycles. The molecule has 1 rings (SSSR count). The van der Waals surface area contributed by atoms with Crippen molar-refractivity contribution >= 4 is 16.1 Å². The summed E-state index contributed by atoms with van der Waals surface area (Å²) >= 11 is 0. The molecule has 1 heterocycles. The van der Waals surface area contributed by atoms with E-state index in [1.54, 1.807) is 20.8 Å². The van der Waals surface area contributed by atoms with Crippen molar-refractivity contribution in [2.24, 2.45) is 5.41 Å². The minimum atomic E-state index is -5.63. The molecule has 0 bridgehead atoms. The summed E-state index contributed by atoms with van der Waals surface area (Å²) in [6.45, 7) is 4.71. The highest BCUT2D eigenvalue weighted by Crippen LogP contribution is 2.28. The van der Waals surface area contributed by atoms with E-state index in [1.807, 2.05) is 0 Å². The summed E-state index contributed by atoms with van der Waals surface area (Å²) in [5.74, 6) is -0.422. The first kappa shape index (κ1) is 19.2. The number of carbonyl (C=O) groups excluding carboxylic acids is 1. The molecule has 1 aliphatic heterocycles. The fraction of sp³-hybridized carbons (Fsp3) is 0.917. The summed E-state index contributed by atoms with van der Waals surface area (Å²) in [5, 5.41) is 0. The first-order valence-electron chi connectivity index (χ1n) is 6.61. The van der Waals surface area contributed by atoms with Gasteiger partial charge in [-0.2, -0.15) is 21.6 Å². The van der Waals surface area contributed by atoms with E-state index in [0.29, 0.717) is 0 Å². The van der Waals surface area contributed by atoms with Gasteiger partial charge in [-0.05, 0) is 33.6 Å². The molecule has 10 heteroatoms. The molecule has 2 unspecified atom stereocenters. The number of halogens is 3. The van der Waals surface area contributed by atoms with Gasteiger partial charge < -0.3 is 9.47 Å². The zero-order chi connectivity index (χ0) is 17.2. The lowest BCUT2D eigenvalue weighted by molar-refractivity contribution is -0.160. The van der Waals surface area contributed by atoms with Crippen LogP contribution in [0.5, 0.6) is 0 Å². The largest absolute Gasteiger partial charge is 0.523 e. The van der Waals surface area contributed by atoms with Gasteiger partial charge in [0.1, 0.15) is 12.7 Å². The van der Waals surface area contributed by atoms with Crippen molar-refractivity contribution in [1.82, 2.24) is 0 Å². The van der Waals surface area contributed by atoms with Gasteiger partial charge in [0.25, 0.3) is 0 Å². The average Bonchev–Trinajstić information content (AvgIpc) is 2.34. The number of hydrogen-bond acceptors (Lipinski definition) is 6. The van der Waals surface area contributed by atoms with E-state index in [9.17, 15) is 26.4 Å². The number of ether oxygens (including phenoxy) is 2. The van der Waals surface area contributed by atoms with Crippen LogP contribution in [0.3, 0.4) is 0 Å². The fourth-order valence-electron chi connectivity index (χ4n) is 1.61. The molecule has 0 N–H and O–H groups in total. The lowest BCUT2D eigenvalue weighted by Gasteiger charge is -2.29. The van der Waals surface area contributed by atoms with Crippen molar-refractivity contribution in [3.05, 3.63) is 0 Å². The van der Waals surface area contributed by atoms with Gasteiger partial charge in [0, 0.05) is 0 Å². The van der Waals surface area contributed by atoms with Crippen LogP contribution in [-0.4, -0.2) is 45.3 Å². The Morgan fingerprint density at radius 3 is 2.23 bits per heavy atom. The first-order valence-corrected chi connectivity index (χ1v) is 8.02. The van der Waals surface area contributed by atoms with Gasteiger partial charge in [-0.15, -0.1) is 0 Å². The summed E-state index contributed by atoms with van der Waals surface area (Å²) in [5.41, 5.74) is -6.12. The molecule has 0 amide bonds. The van der Waals surface area contributed by atoms with Crippen LogP contribution in [0.4, 0.5) is 13.2 Å². The second kappa shape index (κ2) is 6.71. The predicted octanol–water partition coefficient (Wildman–Crippen LogP) is 1.99. The smallest absolute Gasteiger partial charge is 0.463 e. The summed E-state index contributed by atoms with van der Waals surface area (Å²) in [7, 11) is -5.63. The number of rotatable bonds is 4. The van der Waals surface area contributed by atoms with Gasteiger partial charge in [-0.3, -0.25) is 8.98 Å². The van der Waals surface area contributed by atoms with Crippen molar-refractivity contribution in [2.45, 2.75) is 51.3 Å². The lowest BCUT2D eigenvalue weighted by atomic mass is 9.97. The van der Waals surface area contributed by atoms with Gasteiger partial charge in [-0.1, -0.05) is 0 Å². The van der Waals surface area contributed by atoms with Crippen molar-refractivity contribution in [3.63, 3.8) is 0 Å². The minimum Gasteiger partial charge on any atom is -0.463 e. The van der Waals surface area contributed by atoms with Crippen molar-refractivity contribution in [2.75, 3.05) is 13.2 Å². The minimum absolute atomic E-state index is 0.0329. The molecule has 1 fully saturated rings. The molecular weight excluding hydrogens is 329 g/mol. The quantitative estimate of drug-likeness (QED) is 0.439. The lowest BCUT2D eigenvalue weighted by Crippen LogP contribution is -2.39. The Balaban J connectivity index is 2.40. The summed E-state index contributed by atoms with van der Waals surface area (Å²) in [6, 6.07) is 0. The Kier molecular flexibility index (Phi) is 5.85. The Labute approximate surface area is 127 Å². The molecule has 0 saturated carbocycles. The normalized spacial score (nSPS) is 24.1. The van der Waals surface area contributed by atoms with Crippen molar-refractivity contribution < 1.29 is 40.0 Å². The second-order valence-corrected chi connectivity index (χ2v) is 7.56. The maximum absolute atomic E-state index is 12.2. The molecule has 22 heavy (non-hydrogen) atoms. The van der Waals surface area contributed by atoms with Crippen LogP contribution in [0.25, 0.3) is 0 Å². The number of esters is 1. The molecule has 1 aliphatic rings. The van der Waals surface area contributed by atoms with Crippen LogP contribution >= 0.6 is 0 Å². The predicted molar refractivity (Wildman–Crippen MR) is 69.2 cm³/mol. The van der Waals surface area contributed by atoms with E-state index in [4.69, 9.17) is 9.47 Å². The molecule has 6 nitrogen and oxygen atoms in total. The monoisotopic (exact) mass is 348 g/mol. The molecule has 0 aliphatic carbocycles. The summed E-state index contributed by atoms with van der Waals surface area (Å²) < 4.78 is 72.5. The standard InChI is InChI=1S/C12H19F3O6S/c1-11(2,3)10(16)20-6-8-4-5-9(7-19-8)21-22(17,18)12(13,14)15/h8-9H,4-7H2,1-3H3. The zero-order valence-electron chi connectivity index (χ0n) is 12.5. The van der Waals surface area contributed by atoms with Gasteiger partial charge >= 0.3 is 21.6 Å². The van der Waals surface area contributed by atoms with E-state index in [0.717, 1.165) is 0 Å². The van der Waals surface area contributed by atoms with E-state index in [1.165, 1.54) is 0 Å². The van der Waals surface area contributed by atoms with E-state index < -0.39 is 39.2 Å². The van der Waals surface area contributed by atoms with Crippen LogP contribution in [0, 0.1) is 5.41 Å². The highest BCUT2D eigenvalue weighted by Gasteiger charge is 2.49. The van der Waals surface area contributed by atoms with Crippen LogP contribution < -0.4 is 0 Å². The molecule has 0 radical (unpaired) electrons. The highest BCUT2D eigenvalue weighted by molar-refractivity contribution is 7.87. The van der Waals surface area contributed by atoms with Crippen molar-refractivity contribution in [1.29, 1.82) is 0 Å². The number of alkyl halides is 3. The first-order chi connectivity index (χ1) is 9.83. The maximum atomic E-state index is 12.2. The van der Waals surface area contributed by atoms with Crippen LogP contribution in [0.2, 0.25) is 0 Å². The zero-order valence-corrected chi connectivity index (χ0v) is 13.3. The topological polar surface area (TPSA) is 78.9 Å². The van der Waals surface area contributed by atoms with E-state index in [2.05, 4.69) is 4.18 Å². The van der Waals surface area contributed by atoms with Crippen molar-refractivity contribution in [3.8, 4) is 0 Å². The van der Waals surface area contributed by atoms with Crippen LogP contribution in [-0.2, 0) is 28.6 Å². The van der Waals surface area contributed by atoms with Gasteiger partial charge in [0.05, 0.1) is 18.1 Å². The maximum Gasteiger partial charge on any atom is 0.523 e. The van der Waals surface area contributed by atoms with Crippen LogP contribution in [0.1, 0.15) is 33.6 Å². The third kappa shape index (κ3) is 5.40. The van der Waals surface area contributed by atoms with E-state index >= 15 is 0 Å².